The summed E-state index contributed by atoms with van der Waals surface area (Å²) in [5, 5.41) is 7.98. The monoisotopic (exact) mass is 586 g/mol. The van der Waals surface area contributed by atoms with Crippen LogP contribution in [0.2, 0.25) is 0 Å². The third kappa shape index (κ3) is 3.14. The molecule has 0 N–H and O–H groups in total. The number of hydrogen-bond acceptors (Lipinski definition) is 0. The van der Waals surface area contributed by atoms with Gasteiger partial charge in [0.1, 0.15) is 0 Å². The molecule has 8 aromatic carbocycles. The maximum Gasteiger partial charge on any atom is 0.0159 e. The standard InChI is InChI=1S/C46H34/c1-45(2)36-16-10-8-14-34(36)42-38(45)26-39-43(35-15-9-11-17-37(35)46(39,3)4)44(42)33-25-21-29-19-23-31-30(27-12-6-5-7-13-27)22-18-28-20-24-32(33)41(29)40(28)31/h5-26H,1-4H3. The van der Waals surface area contributed by atoms with Crippen molar-refractivity contribution in [1.29, 1.82) is 0 Å². The Balaban J connectivity index is 1.39. The third-order valence-corrected chi connectivity index (χ3v) is 11.4. The average molecular weight is 587 g/mol. The Hall–Kier alpha value is -5.20. The van der Waals surface area contributed by atoms with Crippen LogP contribution in [0.25, 0.3) is 76.8 Å². The van der Waals surface area contributed by atoms with Gasteiger partial charge in [0.25, 0.3) is 0 Å². The quantitative estimate of drug-likeness (QED) is 0.177. The van der Waals surface area contributed by atoms with Crippen molar-refractivity contribution in [1.82, 2.24) is 0 Å². The van der Waals surface area contributed by atoms with Crippen LogP contribution in [-0.2, 0) is 10.8 Å². The van der Waals surface area contributed by atoms with Gasteiger partial charge in [-0.2, -0.15) is 0 Å². The molecule has 218 valence electrons. The van der Waals surface area contributed by atoms with Crippen molar-refractivity contribution < 1.29 is 0 Å². The van der Waals surface area contributed by atoms with Crippen LogP contribution in [0.3, 0.4) is 0 Å². The lowest BCUT2D eigenvalue weighted by Gasteiger charge is -2.27. The summed E-state index contributed by atoms with van der Waals surface area (Å²) in [7, 11) is 0. The maximum atomic E-state index is 2.57. The zero-order valence-corrected chi connectivity index (χ0v) is 26.7. The first kappa shape index (κ1) is 26.1. The molecule has 0 radical (unpaired) electrons. The average Bonchev–Trinajstić information content (AvgIpc) is 3.46. The zero-order valence-electron chi connectivity index (χ0n) is 26.7. The summed E-state index contributed by atoms with van der Waals surface area (Å²) in [5.74, 6) is 0. The largest absolute Gasteiger partial charge is 0.0622 e. The summed E-state index contributed by atoms with van der Waals surface area (Å²) >= 11 is 0. The van der Waals surface area contributed by atoms with Gasteiger partial charge in [-0.05, 0) is 99.1 Å². The van der Waals surface area contributed by atoms with E-state index in [4.69, 9.17) is 0 Å². The molecule has 0 nitrogen and oxygen atoms in total. The van der Waals surface area contributed by atoms with Crippen LogP contribution in [-0.4, -0.2) is 0 Å². The molecule has 0 saturated heterocycles. The number of hydrogen-bond donors (Lipinski definition) is 0. The van der Waals surface area contributed by atoms with Crippen LogP contribution >= 0.6 is 0 Å². The summed E-state index contributed by atoms with van der Waals surface area (Å²) in [6, 6.07) is 50.5. The highest BCUT2D eigenvalue weighted by molar-refractivity contribution is 6.28. The molecular weight excluding hydrogens is 553 g/mol. The van der Waals surface area contributed by atoms with E-state index in [1.54, 1.807) is 0 Å². The van der Waals surface area contributed by atoms with Gasteiger partial charge in [-0.15, -0.1) is 0 Å². The van der Waals surface area contributed by atoms with Crippen molar-refractivity contribution in [2.75, 3.05) is 0 Å². The number of benzene rings is 8. The Morgan fingerprint density at radius 3 is 1.37 bits per heavy atom. The normalized spacial score (nSPS) is 15.3. The fourth-order valence-electron chi connectivity index (χ4n) is 9.17. The molecule has 0 aromatic heterocycles. The number of rotatable bonds is 2. The second-order valence-corrected chi connectivity index (χ2v) is 14.5. The van der Waals surface area contributed by atoms with E-state index < -0.39 is 0 Å². The lowest BCUT2D eigenvalue weighted by Crippen LogP contribution is -2.19. The van der Waals surface area contributed by atoms with Gasteiger partial charge in [0.2, 0.25) is 0 Å². The summed E-state index contributed by atoms with van der Waals surface area (Å²) < 4.78 is 0. The molecule has 0 unspecified atom stereocenters. The van der Waals surface area contributed by atoms with Gasteiger partial charge in [0, 0.05) is 10.8 Å². The van der Waals surface area contributed by atoms with Gasteiger partial charge in [-0.3, -0.25) is 0 Å². The molecule has 8 aromatic rings. The third-order valence-electron chi connectivity index (χ3n) is 11.4. The highest BCUT2D eigenvalue weighted by Gasteiger charge is 2.44. The summed E-state index contributed by atoms with van der Waals surface area (Å²) in [4.78, 5) is 0. The van der Waals surface area contributed by atoms with Gasteiger partial charge in [-0.25, -0.2) is 0 Å². The van der Waals surface area contributed by atoms with Crippen molar-refractivity contribution in [2.45, 2.75) is 38.5 Å². The van der Waals surface area contributed by atoms with E-state index in [1.165, 1.54) is 99.1 Å². The predicted octanol–water partition coefficient (Wildman–Crippen LogP) is 12.5. The minimum absolute atomic E-state index is 0.0884. The van der Waals surface area contributed by atoms with Gasteiger partial charge in [-0.1, -0.05) is 161 Å². The topological polar surface area (TPSA) is 0 Å². The second kappa shape index (κ2) is 8.74. The molecule has 0 amide bonds. The zero-order chi connectivity index (χ0) is 30.9. The van der Waals surface area contributed by atoms with Gasteiger partial charge in [0.15, 0.2) is 0 Å². The molecule has 46 heavy (non-hydrogen) atoms. The molecule has 0 saturated carbocycles. The highest BCUT2D eigenvalue weighted by atomic mass is 14.5. The van der Waals surface area contributed by atoms with Crippen molar-refractivity contribution in [3.05, 3.63) is 156 Å². The Bertz CT molecular complexity index is 2480. The smallest absolute Gasteiger partial charge is 0.0159 e. The lowest BCUT2D eigenvalue weighted by molar-refractivity contribution is 0.639. The van der Waals surface area contributed by atoms with E-state index in [2.05, 4.69) is 161 Å². The molecule has 0 bridgehead atoms. The molecule has 0 heteroatoms. The predicted molar refractivity (Wildman–Crippen MR) is 196 cm³/mol. The molecule has 0 heterocycles. The molecule has 0 spiro atoms. The highest BCUT2D eigenvalue weighted by Crippen LogP contribution is 2.61. The first-order valence-electron chi connectivity index (χ1n) is 16.5. The molecule has 0 atom stereocenters. The minimum atomic E-state index is -0.0884. The van der Waals surface area contributed by atoms with Crippen LogP contribution in [0.15, 0.2) is 133 Å². The first-order valence-corrected chi connectivity index (χ1v) is 16.5. The first-order chi connectivity index (χ1) is 22.4. The lowest BCUT2D eigenvalue weighted by atomic mass is 9.75. The van der Waals surface area contributed by atoms with E-state index in [0.717, 1.165) is 0 Å². The Morgan fingerprint density at radius 2 is 0.804 bits per heavy atom. The minimum Gasteiger partial charge on any atom is -0.0622 e. The van der Waals surface area contributed by atoms with E-state index in [0.29, 0.717) is 0 Å². The molecular formula is C46H34. The van der Waals surface area contributed by atoms with Crippen molar-refractivity contribution >= 4 is 32.3 Å². The van der Waals surface area contributed by atoms with E-state index in [1.807, 2.05) is 0 Å². The fourth-order valence-corrected chi connectivity index (χ4v) is 9.17. The second-order valence-electron chi connectivity index (χ2n) is 14.5. The summed E-state index contributed by atoms with van der Waals surface area (Å²) in [5.41, 5.74) is 16.4. The van der Waals surface area contributed by atoms with Crippen molar-refractivity contribution in [3.8, 4) is 44.5 Å². The Kier molecular flexibility index (Phi) is 4.95. The van der Waals surface area contributed by atoms with Crippen LogP contribution in [0.4, 0.5) is 0 Å². The van der Waals surface area contributed by atoms with E-state index in [9.17, 15) is 0 Å². The van der Waals surface area contributed by atoms with Crippen LogP contribution in [0, 0.1) is 0 Å². The molecule has 2 aliphatic rings. The Labute approximate surface area is 270 Å². The number of fused-ring (bicyclic) bond motifs is 6. The SMILES string of the molecule is CC1(C)c2ccccc2-c2c1cc1c(c2-c2ccc3ccc4c(-c5ccccc5)ccc5ccc2c3c54)-c2ccccc2C1(C)C. The summed E-state index contributed by atoms with van der Waals surface area (Å²) in [6.07, 6.45) is 0. The molecule has 10 rings (SSSR count). The van der Waals surface area contributed by atoms with E-state index >= 15 is 0 Å². The van der Waals surface area contributed by atoms with E-state index in [-0.39, 0.29) is 10.8 Å². The van der Waals surface area contributed by atoms with Gasteiger partial charge < -0.3 is 0 Å². The molecule has 0 fully saturated rings. The van der Waals surface area contributed by atoms with Crippen molar-refractivity contribution in [3.63, 3.8) is 0 Å². The van der Waals surface area contributed by atoms with Crippen LogP contribution in [0.5, 0.6) is 0 Å². The van der Waals surface area contributed by atoms with Crippen LogP contribution < -0.4 is 0 Å². The Morgan fingerprint density at radius 1 is 0.348 bits per heavy atom. The summed E-state index contributed by atoms with van der Waals surface area (Å²) in [6.45, 7) is 9.66. The fraction of sp³-hybridized carbons (Fsp3) is 0.130. The van der Waals surface area contributed by atoms with Crippen molar-refractivity contribution in [2.24, 2.45) is 0 Å². The van der Waals surface area contributed by atoms with Gasteiger partial charge in [0.05, 0.1) is 0 Å². The van der Waals surface area contributed by atoms with Gasteiger partial charge >= 0.3 is 0 Å². The maximum absolute atomic E-state index is 2.57. The van der Waals surface area contributed by atoms with Crippen LogP contribution in [0.1, 0.15) is 49.9 Å². The molecule has 0 aliphatic heterocycles. The molecule has 2 aliphatic carbocycles.